The van der Waals surface area contributed by atoms with E-state index in [1.807, 2.05) is 18.2 Å². The zero-order valence-electron chi connectivity index (χ0n) is 11.6. The van der Waals surface area contributed by atoms with E-state index in [1.54, 1.807) is 0 Å². The van der Waals surface area contributed by atoms with Crippen LogP contribution in [0.1, 0.15) is 56.0 Å². The molecule has 0 unspecified atom stereocenters. The van der Waals surface area contributed by atoms with Gasteiger partial charge in [-0.2, -0.15) is 0 Å². The molecular formula is C16H22O2. The summed E-state index contributed by atoms with van der Waals surface area (Å²) in [4.78, 5) is 12.1. The highest BCUT2D eigenvalue weighted by Gasteiger charge is 2.16. The maximum absolute atomic E-state index is 12.1. The Labute approximate surface area is 109 Å². The van der Waals surface area contributed by atoms with E-state index >= 15 is 0 Å². The molecule has 18 heavy (non-hydrogen) atoms. The number of carbonyl (C=O) groups excluding carboxylic acids is 1. The van der Waals surface area contributed by atoms with Gasteiger partial charge in [0.05, 0.1) is 6.61 Å². The summed E-state index contributed by atoms with van der Waals surface area (Å²) in [6.45, 7) is 7.38. The van der Waals surface area contributed by atoms with Crippen LogP contribution in [0.15, 0.2) is 18.2 Å². The van der Waals surface area contributed by atoms with Crippen LogP contribution in [0.3, 0.4) is 0 Å². The van der Waals surface area contributed by atoms with Crippen LogP contribution in [0.5, 0.6) is 5.75 Å². The first-order chi connectivity index (χ1) is 8.46. The number of ether oxygens (including phenoxy) is 1. The van der Waals surface area contributed by atoms with Crippen molar-refractivity contribution in [1.82, 2.24) is 0 Å². The van der Waals surface area contributed by atoms with Crippen LogP contribution in [0.2, 0.25) is 0 Å². The number of ketones is 1. The van der Waals surface area contributed by atoms with Crippen molar-refractivity contribution < 1.29 is 9.53 Å². The van der Waals surface area contributed by atoms with Crippen LogP contribution in [-0.2, 0) is 6.42 Å². The third-order valence-electron chi connectivity index (χ3n) is 3.34. The molecule has 0 amide bonds. The molecule has 0 atom stereocenters. The van der Waals surface area contributed by atoms with Crippen LogP contribution in [0.4, 0.5) is 0 Å². The predicted molar refractivity (Wildman–Crippen MR) is 73.3 cm³/mol. The van der Waals surface area contributed by atoms with E-state index in [0.29, 0.717) is 11.8 Å². The summed E-state index contributed by atoms with van der Waals surface area (Å²) in [6, 6.07) is 5.82. The fourth-order valence-corrected chi connectivity index (χ4v) is 2.28. The predicted octanol–water partition coefficient (Wildman–Crippen LogP) is 4.02. The molecule has 98 valence electrons. The highest BCUT2D eigenvalue weighted by molar-refractivity contribution is 5.96. The Kier molecular flexibility index (Phi) is 3.74. The lowest BCUT2D eigenvalue weighted by Gasteiger charge is -2.17. The molecule has 1 aromatic rings. The third kappa shape index (κ3) is 3.34. The van der Waals surface area contributed by atoms with Gasteiger partial charge in [0.25, 0.3) is 0 Å². The monoisotopic (exact) mass is 246 g/mol. The lowest BCUT2D eigenvalue weighted by molar-refractivity contribution is 0.0976. The molecule has 0 saturated heterocycles. The van der Waals surface area contributed by atoms with Crippen molar-refractivity contribution in [3.63, 3.8) is 0 Å². The Balaban J connectivity index is 1.93. The molecule has 2 rings (SSSR count). The van der Waals surface area contributed by atoms with E-state index in [9.17, 15) is 4.79 Å². The van der Waals surface area contributed by atoms with Gasteiger partial charge in [0, 0.05) is 18.4 Å². The van der Waals surface area contributed by atoms with Crippen LogP contribution < -0.4 is 4.74 Å². The van der Waals surface area contributed by atoms with Gasteiger partial charge in [0.15, 0.2) is 5.78 Å². The second-order valence-electron chi connectivity index (χ2n) is 6.26. The zero-order valence-corrected chi connectivity index (χ0v) is 11.6. The minimum absolute atomic E-state index is 0.258. The largest absolute Gasteiger partial charge is 0.493 e. The summed E-state index contributed by atoms with van der Waals surface area (Å²) >= 11 is 0. The number of benzene rings is 1. The van der Waals surface area contributed by atoms with Gasteiger partial charge in [-0.05, 0) is 42.0 Å². The molecule has 0 bridgehead atoms. The zero-order chi connectivity index (χ0) is 13.2. The van der Waals surface area contributed by atoms with Crippen LogP contribution in [0.25, 0.3) is 0 Å². The fraction of sp³-hybridized carbons (Fsp3) is 0.562. The first-order valence-electron chi connectivity index (χ1n) is 6.75. The topological polar surface area (TPSA) is 26.3 Å². The molecule has 0 spiro atoms. The quantitative estimate of drug-likeness (QED) is 0.750. The molecule has 2 heteroatoms. The molecule has 0 aliphatic carbocycles. The van der Waals surface area contributed by atoms with Gasteiger partial charge in [-0.3, -0.25) is 4.79 Å². The van der Waals surface area contributed by atoms with Gasteiger partial charge in [-0.25, -0.2) is 0 Å². The van der Waals surface area contributed by atoms with E-state index < -0.39 is 0 Å². The Morgan fingerprint density at radius 1 is 1.33 bits per heavy atom. The lowest BCUT2D eigenvalue weighted by Crippen LogP contribution is -2.07. The summed E-state index contributed by atoms with van der Waals surface area (Å²) in [6.07, 6.45) is 3.64. The summed E-state index contributed by atoms with van der Waals surface area (Å²) in [5.41, 5.74) is 2.33. The molecule has 0 radical (unpaired) electrons. The van der Waals surface area contributed by atoms with Gasteiger partial charge in [0.1, 0.15) is 5.75 Å². The number of Topliss-reactive ketones (excluding diaryl/α,β-unsaturated/α-hetero) is 1. The molecule has 2 nitrogen and oxygen atoms in total. The fourth-order valence-electron chi connectivity index (χ4n) is 2.28. The van der Waals surface area contributed by atoms with Crippen LogP contribution >= 0.6 is 0 Å². The van der Waals surface area contributed by atoms with E-state index in [4.69, 9.17) is 4.74 Å². The normalized spacial score (nSPS) is 14.2. The van der Waals surface area contributed by atoms with Gasteiger partial charge < -0.3 is 4.74 Å². The Morgan fingerprint density at radius 3 is 2.83 bits per heavy atom. The maximum Gasteiger partial charge on any atom is 0.162 e. The highest BCUT2D eigenvalue weighted by atomic mass is 16.5. The molecule has 1 aromatic carbocycles. The maximum atomic E-state index is 12.1. The number of carbonyl (C=O) groups is 1. The van der Waals surface area contributed by atoms with Crippen molar-refractivity contribution in [3.05, 3.63) is 29.3 Å². The van der Waals surface area contributed by atoms with Gasteiger partial charge in [0.2, 0.25) is 0 Å². The average molecular weight is 246 g/mol. The molecule has 1 aliphatic heterocycles. The van der Waals surface area contributed by atoms with E-state index in [1.165, 1.54) is 5.56 Å². The Hall–Kier alpha value is -1.31. The van der Waals surface area contributed by atoms with Crippen LogP contribution in [-0.4, -0.2) is 12.4 Å². The highest BCUT2D eigenvalue weighted by Crippen LogP contribution is 2.27. The number of fused-ring (bicyclic) bond motifs is 1. The molecule has 1 heterocycles. The van der Waals surface area contributed by atoms with Crippen molar-refractivity contribution in [2.45, 2.75) is 46.5 Å². The minimum Gasteiger partial charge on any atom is -0.493 e. The number of hydrogen-bond donors (Lipinski definition) is 0. The minimum atomic E-state index is 0.258. The second kappa shape index (κ2) is 5.13. The van der Waals surface area contributed by atoms with Crippen molar-refractivity contribution in [2.75, 3.05) is 6.61 Å². The van der Waals surface area contributed by atoms with E-state index in [0.717, 1.165) is 37.2 Å². The van der Waals surface area contributed by atoms with Gasteiger partial charge >= 0.3 is 0 Å². The van der Waals surface area contributed by atoms with Crippen molar-refractivity contribution in [1.29, 1.82) is 0 Å². The molecule has 0 fully saturated rings. The molecular weight excluding hydrogens is 224 g/mol. The summed E-state index contributed by atoms with van der Waals surface area (Å²) < 4.78 is 5.45. The molecule has 0 aromatic heterocycles. The number of rotatable bonds is 4. The van der Waals surface area contributed by atoms with Gasteiger partial charge in [-0.15, -0.1) is 0 Å². The Morgan fingerprint density at radius 2 is 2.11 bits per heavy atom. The van der Waals surface area contributed by atoms with E-state index in [-0.39, 0.29) is 5.78 Å². The summed E-state index contributed by atoms with van der Waals surface area (Å²) in [7, 11) is 0. The average Bonchev–Trinajstić information content (AvgIpc) is 2.73. The molecule has 0 saturated carbocycles. The SMILES string of the molecule is CC(C)(C)CCCC(=O)c1ccc2c(c1)CCO2. The Bertz CT molecular complexity index is 441. The summed E-state index contributed by atoms with van der Waals surface area (Å²) in [5.74, 6) is 1.20. The first kappa shape index (κ1) is 13.1. The van der Waals surface area contributed by atoms with Crippen molar-refractivity contribution >= 4 is 5.78 Å². The molecule has 0 N–H and O–H groups in total. The third-order valence-corrected chi connectivity index (χ3v) is 3.34. The number of hydrogen-bond acceptors (Lipinski definition) is 2. The smallest absolute Gasteiger partial charge is 0.162 e. The van der Waals surface area contributed by atoms with E-state index in [2.05, 4.69) is 20.8 Å². The first-order valence-corrected chi connectivity index (χ1v) is 6.75. The van der Waals surface area contributed by atoms with Crippen LogP contribution in [0, 0.1) is 5.41 Å². The second-order valence-corrected chi connectivity index (χ2v) is 6.26. The van der Waals surface area contributed by atoms with Crippen molar-refractivity contribution in [3.8, 4) is 5.75 Å². The molecule has 1 aliphatic rings. The summed E-state index contributed by atoms with van der Waals surface area (Å²) in [5, 5.41) is 0. The standard InChI is InChI=1S/C16H22O2/c1-16(2,3)9-4-5-14(17)12-6-7-15-13(11-12)8-10-18-15/h6-7,11H,4-5,8-10H2,1-3H3. The van der Waals surface area contributed by atoms with Crippen molar-refractivity contribution in [2.24, 2.45) is 5.41 Å². The van der Waals surface area contributed by atoms with Gasteiger partial charge in [-0.1, -0.05) is 20.8 Å². The lowest BCUT2D eigenvalue weighted by atomic mass is 9.89.